The van der Waals surface area contributed by atoms with Crippen LogP contribution in [0.5, 0.6) is 0 Å². The number of nitrogens with one attached hydrogen (secondary N) is 3. The van der Waals surface area contributed by atoms with Crippen molar-refractivity contribution in [1.82, 2.24) is 25.1 Å². The van der Waals surface area contributed by atoms with Crippen LogP contribution in [0.4, 0.5) is 4.39 Å². The summed E-state index contributed by atoms with van der Waals surface area (Å²) in [5.74, 6) is -0.515. The summed E-state index contributed by atoms with van der Waals surface area (Å²) < 4.78 is 13.8. The summed E-state index contributed by atoms with van der Waals surface area (Å²) in [6.07, 6.45) is 9.17. The largest absolute Gasteiger partial charge is 0.361 e. The number of rotatable bonds is 14. The van der Waals surface area contributed by atoms with E-state index < -0.39 is 6.04 Å². The molecule has 39 heavy (non-hydrogen) atoms. The third-order valence-electron chi connectivity index (χ3n) is 7.31. The van der Waals surface area contributed by atoms with E-state index in [9.17, 15) is 14.0 Å². The molecule has 0 fully saturated rings. The number of likely N-dealkylation sites (N-methyl/N-ethyl adjacent to an activating group) is 1. The van der Waals surface area contributed by atoms with Gasteiger partial charge in [0.1, 0.15) is 11.9 Å². The molecule has 0 saturated carbocycles. The maximum atomic E-state index is 13.8. The maximum absolute atomic E-state index is 13.8. The van der Waals surface area contributed by atoms with Crippen LogP contribution in [0.2, 0.25) is 0 Å². The van der Waals surface area contributed by atoms with Gasteiger partial charge < -0.3 is 25.1 Å². The molecule has 2 aromatic carbocycles. The van der Waals surface area contributed by atoms with E-state index in [0.29, 0.717) is 25.8 Å². The Kier molecular flexibility index (Phi) is 9.76. The molecule has 1 unspecified atom stereocenters. The standard InChI is InChI=1S/C31H40FN5O2/c1-36(2)16-9-5-4-6-12-30(38)35-29(18-23-21-34-27-11-8-7-10-25(23)27)31(39)37(3)17-15-22-20-33-28-14-13-24(32)19-26(22)28/h7-8,10-11,13-14,19-21,29,33-34H,4-6,9,12,15-18H2,1-3H3,(H,35,38). The van der Waals surface area contributed by atoms with Crippen LogP contribution in [0.15, 0.2) is 54.9 Å². The number of amides is 2. The second-order valence-electron chi connectivity index (χ2n) is 10.7. The average molecular weight is 534 g/mol. The highest BCUT2D eigenvalue weighted by atomic mass is 19.1. The lowest BCUT2D eigenvalue weighted by molar-refractivity contribution is -0.135. The molecule has 2 aromatic heterocycles. The summed E-state index contributed by atoms with van der Waals surface area (Å²) in [5, 5.41) is 4.91. The van der Waals surface area contributed by atoms with Gasteiger partial charge in [-0.15, -0.1) is 0 Å². The van der Waals surface area contributed by atoms with Crippen molar-refractivity contribution >= 4 is 33.6 Å². The molecule has 0 radical (unpaired) electrons. The Bertz CT molecular complexity index is 1390. The van der Waals surface area contributed by atoms with Crippen molar-refractivity contribution in [3.8, 4) is 0 Å². The van der Waals surface area contributed by atoms with E-state index in [-0.39, 0.29) is 17.6 Å². The zero-order chi connectivity index (χ0) is 27.8. The zero-order valence-electron chi connectivity index (χ0n) is 23.2. The molecule has 7 nitrogen and oxygen atoms in total. The number of fused-ring (bicyclic) bond motifs is 2. The first-order chi connectivity index (χ1) is 18.8. The van der Waals surface area contributed by atoms with Gasteiger partial charge in [-0.1, -0.05) is 31.0 Å². The van der Waals surface area contributed by atoms with Crippen LogP contribution in [-0.4, -0.2) is 71.9 Å². The quantitative estimate of drug-likeness (QED) is 0.199. The Morgan fingerprint density at radius 3 is 2.38 bits per heavy atom. The van der Waals surface area contributed by atoms with E-state index >= 15 is 0 Å². The lowest BCUT2D eigenvalue weighted by Crippen LogP contribution is -2.49. The number of benzene rings is 2. The van der Waals surface area contributed by atoms with Gasteiger partial charge in [0, 0.05) is 60.6 Å². The maximum Gasteiger partial charge on any atom is 0.245 e. The number of H-pyrrole nitrogens is 2. The smallest absolute Gasteiger partial charge is 0.245 e. The molecule has 0 aliphatic heterocycles. The fourth-order valence-electron chi connectivity index (χ4n) is 5.08. The minimum absolute atomic E-state index is 0.0960. The molecule has 4 aromatic rings. The Labute approximate surface area is 229 Å². The normalized spacial score (nSPS) is 12.3. The van der Waals surface area contributed by atoms with Crippen molar-refractivity contribution in [2.75, 3.05) is 34.2 Å². The van der Waals surface area contributed by atoms with E-state index in [0.717, 1.165) is 65.2 Å². The van der Waals surface area contributed by atoms with Crippen LogP contribution in [0, 0.1) is 5.82 Å². The van der Waals surface area contributed by atoms with Crippen molar-refractivity contribution < 1.29 is 14.0 Å². The molecule has 3 N–H and O–H groups in total. The Balaban J connectivity index is 1.40. The summed E-state index contributed by atoms with van der Waals surface area (Å²) >= 11 is 0. The Hall–Kier alpha value is -3.65. The first-order valence-corrected chi connectivity index (χ1v) is 13.8. The number of carbonyl (C=O) groups is 2. The predicted octanol–water partition coefficient (Wildman–Crippen LogP) is 5.03. The average Bonchev–Trinajstić information content (AvgIpc) is 3.52. The van der Waals surface area contributed by atoms with Gasteiger partial charge in [-0.3, -0.25) is 9.59 Å². The Morgan fingerprint density at radius 2 is 1.59 bits per heavy atom. The summed E-state index contributed by atoms with van der Waals surface area (Å²) in [5.41, 5.74) is 3.82. The first kappa shape index (κ1) is 28.4. The van der Waals surface area contributed by atoms with Gasteiger partial charge >= 0.3 is 0 Å². The monoisotopic (exact) mass is 533 g/mol. The first-order valence-electron chi connectivity index (χ1n) is 13.8. The van der Waals surface area contributed by atoms with Crippen LogP contribution in [0.25, 0.3) is 21.8 Å². The highest BCUT2D eigenvalue weighted by Crippen LogP contribution is 2.22. The van der Waals surface area contributed by atoms with Gasteiger partial charge in [-0.05, 0) is 75.3 Å². The van der Waals surface area contributed by atoms with Crippen LogP contribution in [0.1, 0.15) is 43.2 Å². The SMILES string of the molecule is CN(C)CCCCCCC(=O)NC(Cc1c[nH]c2ccccc12)C(=O)N(C)CCc1c[nH]c2ccc(F)cc12. The molecule has 0 bridgehead atoms. The number of para-hydroxylation sites is 1. The second kappa shape index (κ2) is 13.4. The van der Waals surface area contributed by atoms with E-state index in [1.807, 2.05) is 36.7 Å². The number of carbonyl (C=O) groups excluding carboxylic acids is 2. The number of hydrogen-bond donors (Lipinski definition) is 3. The fourth-order valence-corrected chi connectivity index (χ4v) is 5.08. The molecule has 0 spiro atoms. The third-order valence-corrected chi connectivity index (χ3v) is 7.31. The summed E-state index contributed by atoms with van der Waals surface area (Å²) in [6, 6.07) is 12.0. The molecule has 2 heterocycles. The highest BCUT2D eigenvalue weighted by Gasteiger charge is 2.25. The van der Waals surface area contributed by atoms with Crippen molar-refractivity contribution in [2.24, 2.45) is 0 Å². The number of aromatic nitrogens is 2. The van der Waals surface area contributed by atoms with Gasteiger partial charge in [0.2, 0.25) is 11.8 Å². The number of nitrogens with zero attached hydrogens (tertiary/aromatic N) is 2. The predicted molar refractivity (Wildman–Crippen MR) is 155 cm³/mol. The van der Waals surface area contributed by atoms with Crippen LogP contribution in [-0.2, 0) is 22.4 Å². The molecule has 2 amide bonds. The van der Waals surface area contributed by atoms with Crippen LogP contribution >= 0.6 is 0 Å². The topological polar surface area (TPSA) is 84.2 Å². The molecule has 0 aliphatic rings. The van der Waals surface area contributed by atoms with Crippen molar-refractivity contribution in [3.63, 3.8) is 0 Å². The summed E-state index contributed by atoms with van der Waals surface area (Å²) in [7, 11) is 5.89. The molecule has 0 aliphatic carbocycles. The minimum atomic E-state index is -0.670. The van der Waals surface area contributed by atoms with E-state index in [1.165, 1.54) is 12.1 Å². The van der Waals surface area contributed by atoms with Crippen molar-refractivity contribution in [2.45, 2.75) is 51.0 Å². The third kappa shape index (κ3) is 7.69. The molecule has 1 atom stereocenters. The molecular weight excluding hydrogens is 493 g/mol. The molecule has 8 heteroatoms. The van der Waals surface area contributed by atoms with E-state index in [4.69, 9.17) is 0 Å². The van der Waals surface area contributed by atoms with E-state index in [1.54, 1.807) is 18.0 Å². The molecule has 0 saturated heterocycles. The number of aromatic amines is 2. The molecule has 4 rings (SSSR count). The van der Waals surface area contributed by atoms with Gasteiger partial charge in [-0.25, -0.2) is 4.39 Å². The Morgan fingerprint density at radius 1 is 0.872 bits per heavy atom. The lowest BCUT2D eigenvalue weighted by Gasteiger charge is -2.25. The highest BCUT2D eigenvalue weighted by molar-refractivity contribution is 5.89. The van der Waals surface area contributed by atoms with Crippen molar-refractivity contribution in [1.29, 1.82) is 0 Å². The summed E-state index contributed by atoms with van der Waals surface area (Å²) in [4.78, 5) is 36.8. The fraction of sp³-hybridized carbons (Fsp3) is 0.419. The summed E-state index contributed by atoms with van der Waals surface area (Å²) in [6.45, 7) is 1.50. The lowest BCUT2D eigenvalue weighted by atomic mass is 10.0. The van der Waals surface area contributed by atoms with Gasteiger partial charge in [0.05, 0.1) is 0 Å². The van der Waals surface area contributed by atoms with E-state index in [2.05, 4.69) is 34.3 Å². The van der Waals surface area contributed by atoms with Gasteiger partial charge in [0.15, 0.2) is 0 Å². The van der Waals surface area contributed by atoms with Crippen LogP contribution in [0.3, 0.4) is 0 Å². The zero-order valence-corrected chi connectivity index (χ0v) is 23.2. The number of hydrogen-bond acceptors (Lipinski definition) is 3. The number of halogens is 1. The molecule has 208 valence electrons. The number of unbranched alkanes of at least 4 members (excludes halogenated alkanes) is 3. The second-order valence-corrected chi connectivity index (χ2v) is 10.7. The van der Waals surface area contributed by atoms with Gasteiger partial charge in [-0.2, -0.15) is 0 Å². The minimum Gasteiger partial charge on any atom is -0.361 e. The molecular formula is C31H40FN5O2. The van der Waals surface area contributed by atoms with Crippen LogP contribution < -0.4 is 5.32 Å². The van der Waals surface area contributed by atoms with Gasteiger partial charge in [0.25, 0.3) is 0 Å². The van der Waals surface area contributed by atoms with Crippen molar-refractivity contribution in [3.05, 3.63) is 71.8 Å².